The normalized spacial score (nSPS) is 10.2. The second-order valence-electron chi connectivity index (χ2n) is 4.37. The Kier molecular flexibility index (Phi) is 3.37. The summed E-state index contributed by atoms with van der Waals surface area (Å²) in [6, 6.07) is 10.8. The van der Waals surface area contributed by atoms with Crippen LogP contribution in [-0.4, -0.2) is 30.9 Å². The summed E-state index contributed by atoms with van der Waals surface area (Å²) in [6.07, 6.45) is -0.444. The van der Waals surface area contributed by atoms with Crippen molar-refractivity contribution in [3.05, 3.63) is 42.0 Å². The topological polar surface area (TPSA) is 79.4 Å². The minimum absolute atomic E-state index is 0.0179. The van der Waals surface area contributed by atoms with Gasteiger partial charge in [0.2, 0.25) is 0 Å². The molecule has 1 amide bonds. The first kappa shape index (κ1) is 12.9. The van der Waals surface area contributed by atoms with Crippen molar-refractivity contribution in [3.63, 3.8) is 0 Å². The lowest BCUT2D eigenvalue weighted by molar-refractivity contribution is 0.172. The van der Waals surface area contributed by atoms with E-state index in [1.807, 2.05) is 18.2 Å². The van der Waals surface area contributed by atoms with Crippen LogP contribution < -0.4 is 10.5 Å². The van der Waals surface area contributed by atoms with Gasteiger partial charge in [0.15, 0.2) is 0 Å². The van der Waals surface area contributed by atoms with Crippen LogP contribution in [0.25, 0.3) is 10.8 Å². The molecule has 0 spiro atoms. The number of amidine groups is 1. The van der Waals surface area contributed by atoms with Gasteiger partial charge in [0, 0.05) is 25.0 Å². The van der Waals surface area contributed by atoms with Crippen LogP contribution in [0, 0.1) is 5.41 Å². The van der Waals surface area contributed by atoms with E-state index in [-0.39, 0.29) is 5.84 Å². The number of amides is 1. The predicted octanol–water partition coefficient (Wildman–Crippen LogP) is 2.18. The van der Waals surface area contributed by atoms with E-state index < -0.39 is 6.09 Å². The van der Waals surface area contributed by atoms with Crippen LogP contribution in [0.4, 0.5) is 4.79 Å². The third-order valence-electron chi connectivity index (χ3n) is 2.72. The largest absolute Gasteiger partial charge is 0.414 e. The average Bonchev–Trinajstić information content (AvgIpc) is 2.38. The Morgan fingerprint density at radius 1 is 1.26 bits per heavy atom. The molecule has 0 saturated carbocycles. The van der Waals surface area contributed by atoms with E-state index in [0.29, 0.717) is 11.3 Å². The molecule has 2 aromatic rings. The number of carbonyl (C=O) groups excluding carboxylic acids is 1. The number of rotatable bonds is 2. The predicted molar refractivity (Wildman–Crippen MR) is 74.7 cm³/mol. The number of carbonyl (C=O) groups is 1. The number of nitrogens with zero attached hydrogens (tertiary/aromatic N) is 1. The number of nitrogen functional groups attached to an aromatic ring is 1. The summed E-state index contributed by atoms with van der Waals surface area (Å²) in [4.78, 5) is 13.0. The van der Waals surface area contributed by atoms with Crippen molar-refractivity contribution >= 4 is 22.7 Å². The molecule has 0 atom stereocenters. The molecule has 0 unspecified atom stereocenters. The van der Waals surface area contributed by atoms with Crippen LogP contribution >= 0.6 is 0 Å². The molecule has 2 aromatic carbocycles. The maximum Gasteiger partial charge on any atom is 0.414 e. The fraction of sp³-hybridized carbons (Fsp3) is 0.143. The highest BCUT2D eigenvalue weighted by Crippen LogP contribution is 2.27. The lowest BCUT2D eigenvalue weighted by Crippen LogP contribution is -2.25. The Hall–Kier alpha value is -2.56. The number of fused-ring (bicyclic) bond motifs is 1. The first-order valence-corrected chi connectivity index (χ1v) is 5.75. The Morgan fingerprint density at radius 2 is 2.00 bits per heavy atom. The second kappa shape index (κ2) is 4.97. The van der Waals surface area contributed by atoms with E-state index in [0.717, 1.165) is 10.8 Å². The van der Waals surface area contributed by atoms with Crippen molar-refractivity contribution in [2.45, 2.75) is 0 Å². The van der Waals surface area contributed by atoms with E-state index in [2.05, 4.69) is 0 Å². The summed E-state index contributed by atoms with van der Waals surface area (Å²) in [5, 5.41) is 9.13. The highest BCUT2D eigenvalue weighted by atomic mass is 16.6. The molecule has 5 nitrogen and oxygen atoms in total. The molecule has 0 bridgehead atoms. The molecule has 0 saturated heterocycles. The van der Waals surface area contributed by atoms with Gasteiger partial charge < -0.3 is 15.4 Å². The number of benzene rings is 2. The quantitative estimate of drug-likeness (QED) is 0.639. The zero-order valence-corrected chi connectivity index (χ0v) is 10.8. The first-order chi connectivity index (χ1) is 8.99. The van der Waals surface area contributed by atoms with Crippen molar-refractivity contribution in [3.8, 4) is 5.75 Å². The maximum atomic E-state index is 11.6. The second-order valence-corrected chi connectivity index (χ2v) is 4.37. The van der Waals surface area contributed by atoms with Crippen molar-refractivity contribution in [2.24, 2.45) is 5.73 Å². The van der Waals surface area contributed by atoms with Gasteiger partial charge in [0.05, 0.1) is 0 Å². The van der Waals surface area contributed by atoms with Crippen LogP contribution in [0.5, 0.6) is 5.75 Å². The van der Waals surface area contributed by atoms with Crippen molar-refractivity contribution in [2.75, 3.05) is 14.1 Å². The van der Waals surface area contributed by atoms with Crippen molar-refractivity contribution in [1.82, 2.24) is 4.90 Å². The minimum Gasteiger partial charge on any atom is -0.410 e. The highest BCUT2D eigenvalue weighted by molar-refractivity contribution is 6.01. The van der Waals surface area contributed by atoms with Crippen LogP contribution in [0.15, 0.2) is 36.4 Å². The summed E-state index contributed by atoms with van der Waals surface area (Å²) in [5.74, 6) is 0.440. The molecule has 98 valence electrons. The average molecular weight is 257 g/mol. The van der Waals surface area contributed by atoms with Gasteiger partial charge >= 0.3 is 6.09 Å². The molecule has 0 fully saturated rings. The van der Waals surface area contributed by atoms with Gasteiger partial charge in [-0.05, 0) is 17.5 Å². The molecule has 0 aromatic heterocycles. The molecular formula is C14H15N3O2. The van der Waals surface area contributed by atoms with Crippen LogP contribution in [0.3, 0.4) is 0 Å². The number of nitrogens with two attached hydrogens (primary N) is 1. The van der Waals surface area contributed by atoms with Crippen molar-refractivity contribution in [1.29, 1.82) is 5.41 Å². The fourth-order valence-corrected chi connectivity index (χ4v) is 1.69. The van der Waals surface area contributed by atoms with Gasteiger partial charge in [-0.25, -0.2) is 4.79 Å². The standard InChI is InChI=1S/C14H15N3O2/c1-17(2)14(18)19-12-5-3-4-9-6-7-10(13(15)16)8-11(9)12/h3-8H,1-2H3,(H3,15,16). The third kappa shape index (κ3) is 2.65. The lowest BCUT2D eigenvalue weighted by atomic mass is 10.1. The van der Waals surface area contributed by atoms with E-state index >= 15 is 0 Å². The van der Waals surface area contributed by atoms with E-state index in [9.17, 15) is 4.79 Å². The Bertz CT molecular complexity index is 650. The Morgan fingerprint density at radius 3 is 2.63 bits per heavy atom. The first-order valence-electron chi connectivity index (χ1n) is 5.75. The van der Waals surface area contributed by atoms with Crippen molar-refractivity contribution < 1.29 is 9.53 Å². The number of hydrogen-bond acceptors (Lipinski definition) is 3. The molecule has 5 heteroatoms. The minimum atomic E-state index is -0.444. The molecular weight excluding hydrogens is 242 g/mol. The van der Waals surface area contributed by atoms with Gasteiger partial charge in [-0.2, -0.15) is 0 Å². The number of hydrogen-bond donors (Lipinski definition) is 2. The molecule has 0 aliphatic carbocycles. The van der Waals surface area contributed by atoms with E-state index in [1.165, 1.54) is 4.90 Å². The summed E-state index contributed by atoms with van der Waals surface area (Å²) >= 11 is 0. The SMILES string of the molecule is CN(C)C(=O)Oc1cccc2ccc(C(=N)N)cc12. The molecule has 19 heavy (non-hydrogen) atoms. The third-order valence-corrected chi connectivity index (χ3v) is 2.72. The molecule has 0 aliphatic heterocycles. The van der Waals surface area contributed by atoms with Gasteiger partial charge in [0.25, 0.3) is 0 Å². The summed E-state index contributed by atoms with van der Waals surface area (Å²) in [6.45, 7) is 0. The van der Waals surface area contributed by atoms with E-state index in [1.54, 1.807) is 32.3 Å². The Labute approximate surface area is 111 Å². The molecule has 2 rings (SSSR count). The zero-order valence-electron chi connectivity index (χ0n) is 10.8. The molecule has 0 aliphatic rings. The summed E-state index contributed by atoms with van der Waals surface area (Å²) in [5.41, 5.74) is 6.07. The fourth-order valence-electron chi connectivity index (χ4n) is 1.69. The van der Waals surface area contributed by atoms with Gasteiger partial charge in [-0.15, -0.1) is 0 Å². The number of nitrogens with one attached hydrogen (secondary N) is 1. The zero-order chi connectivity index (χ0) is 14.0. The lowest BCUT2D eigenvalue weighted by Gasteiger charge is -2.12. The monoisotopic (exact) mass is 257 g/mol. The van der Waals surface area contributed by atoms with Crippen LogP contribution in [0.1, 0.15) is 5.56 Å². The van der Waals surface area contributed by atoms with Gasteiger partial charge in [-0.3, -0.25) is 5.41 Å². The number of ether oxygens (including phenoxy) is 1. The summed E-state index contributed by atoms with van der Waals surface area (Å²) in [7, 11) is 3.24. The highest BCUT2D eigenvalue weighted by Gasteiger charge is 2.10. The maximum absolute atomic E-state index is 11.6. The van der Waals surface area contributed by atoms with Gasteiger partial charge in [0.1, 0.15) is 11.6 Å². The molecule has 0 heterocycles. The van der Waals surface area contributed by atoms with E-state index in [4.69, 9.17) is 15.9 Å². The van der Waals surface area contributed by atoms with Gasteiger partial charge in [-0.1, -0.05) is 24.3 Å². The molecule has 0 radical (unpaired) electrons. The summed E-state index contributed by atoms with van der Waals surface area (Å²) < 4.78 is 5.30. The molecule has 3 N–H and O–H groups in total. The Balaban J connectivity index is 2.51. The van der Waals surface area contributed by atoms with Crippen LogP contribution in [-0.2, 0) is 0 Å². The smallest absolute Gasteiger partial charge is 0.410 e. The van der Waals surface area contributed by atoms with Crippen LogP contribution in [0.2, 0.25) is 0 Å².